The van der Waals surface area contributed by atoms with Crippen LogP contribution in [0.2, 0.25) is 0 Å². The Morgan fingerprint density at radius 3 is 1.00 bits per heavy atom. The molecule has 0 aromatic carbocycles. The van der Waals surface area contributed by atoms with Gasteiger partial charge in [-0.1, -0.05) is 0 Å². The maximum atomic E-state index is 0. The van der Waals surface area contributed by atoms with Crippen LogP contribution in [0.25, 0.3) is 0 Å². The molecular weight excluding hydrogens is 178 g/mol. The van der Waals surface area contributed by atoms with Crippen LogP contribution in [0.15, 0.2) is 0 Å². The van der Waals surface area contributed by atoms with Gasteiger partial charge in [-0.05, 0) is 0 Å². The van der Waals surface area contributed by atoms with Crippen LogP contribution in [0.4, 0.5) is 0 Å². The van der Waals surface area contributed by atoms with E-state index >= 15 is 0 Å². The molecule has 21 valence electrons. The molecule has 0 aliphatic rings. The Balaban J connectivity index is 0. The fourth-order valence-corrected chi connectivity index (χ4v) is 0. The van der Waals surface area contributed by atoms with Crippen LogP contribution in [-0.4, -0.2) is 17.4 Å². The molecule has 4 heavy (non-hydrogen) atoms. The second-order valence-electron chi connectivity index (χ2n) is 0. The quantitative estimate of drug-likeness (QED) is 0.412. The predicted molar refractivity (Wildman–Crippen MR) is 9.94 cm³/mol. The van der Waals surface area contributed by atoms with E-state index in [1.54, 1.807) is 0 Å². The van der Waals surface area contributed by atoms with Crippen molar-refractivity contribution >= 4 is 17.4 Å². The molecule has 0 nitrogen and oxygen atoms in total. The number of hydrogen-bond donors (Lipinski definition) is 0. The zero-order chi connectivity index (χ0) is 0. The minimum Gasteiger partial charge on any atom is 0 e. The molecule has 0 N–H and O–H groups in total. The molecule has 0 aromatic heterocycles. The van der Waals surface area contributed by atoms with Crippen molar-refractivity contribution in [2.24, 2.45) is 0 Å². The largest absolute Gasteiger partial charge is 0.187 e. The summed E-state index contributed by atoms with van der Waals surface area (Å²) in [6, 6.07) is 0. The van der Waals surface area contributed by atoms with E-state index in [4.69, 9.17) is 0 Å². The van der Waals surface area contributed by atoms with Gasteiger partial charge in [-0.25, -0.2) is 0 Å². The fraction of sp³-hybridized carbons (Fsp3) is 0. The molecule has 0 saturated carbocycles. The van der Waals surface area contributed by atoms with Crippen molar-refractivity contribution in [2.75, 3.05) is 0 Å². The third kappa shape index (κ3) is 8.84. The fourth-order valence-electron chi connectivity index (χ4n) is 0. The Labute approximate surface area is 74.1 Å². The van der Waals surface area contributed by atoms with Crippen molar-refractivity contribution in [1.82, 2.24) is 0 Å². The summed E-state index contributed by atoms with van der Waals surface area (Å²) in [4.78, 5) is 0. The molecule has 4 heteroatoms. The van der Waals surface area contributed by atoms with Crippen LogP contribution in [0.1, 0.15) is 0 Å². The van der Waals surface area contributed by atoms with Crippen molar-refractivity contribution < 1.29 is 57.6 Å². The zero-order valence-electron chi connectivity index (χ0n) is 1.36. The second-order valence-corrected chi connectivity index (χ2v) is 0. The van der Waals surface area contributed by atoms with E-state index in [-0.39, 0.29) is 75.0 Å². The minimum absolute atomic E-state index is 0. The van der Waals surface area contributed by atoms with Crippen LogP contribution in [0.3, 0.4) is 0 Å². The normalized spacial score (nSPS) is 0. The van der Waals surface area contributed by atoms with Gasteiger partial charge in [-0.15, -0.1) is 0 Å². The van der Waals surface area contributed by atoms with E-state index in [1.807, 2.05) is 0 Å². The molecule has 0 rings (SSSR count). The molecule has 0 aromatic rings. The molecule has 0 aliphatic heterocycles. The maximum Gasteiger partial charge on any atom is 0.187 e. The smallest absolute Gasteiger partial charge is 0 e. The van der Waals surface area contributed by atoms with E-state index in [9.17, 15) is 0 Å². The first-order chi connectivity index (χ1) is 0. The Kier molecular flexibility index (Phi) is 150. The monoisotopic (exact) mass is 181 g/mol. The summed E-state index contributed by atoms with van der Waals surface area (Å²) >= 11 is 0. The first-order valence-corrected chi connectivity index (χ1v) is 0. The first-order valence-electron chi connectivity index (χ1n) is 0. The molecule has 0 saturated heterocycles. The summed E-state index contributed by atoms with van der Waals surface area (Å²) in [7, 11) is 0. The van der Waals surface area contributed by atoms with Crippen molar-refractivity contribution in [2.45, 2.75) is 0 Å². The van der Waals surface area contributed by atoms with Gasteiger partial charge in [-0.2, -0.15) is 0 Å². The molecule has 0 spiro atoms. The Morgan fingerprint density at radius 1 is 1.00 bits per heavy atom. The SMILES string of the molecule is [AlH3].[Cr].[Ti].[V]. The molecule has 0 fully saturated rings. The summed E-state index contributed by atoms with van der Waals surface area (Å²) in [5.74, 6) is 0. The summed E-state index contributed by atoms with van der Waals surface area (Å²) in [5.41, 5.74) is 0. The molecule has 0 bridgehead atoms. The molecule has 1 radical (unpaired) electrons. The van der Waals surface area contributed by atoms with Crippen LogP contribution in [-0.2, 0) is 57.6 Å². The number of rotatable bonds is 0. The molecule has 0 aliphatic carbocycles. The Morgan fingerprint density at radius 2 is 1.00 bits per heavy atom. The number of hydrogen-bond acceptors (Lipinski definition) is 0. The second kappa shape index (κ2) is 18.3. The summed E-state index contributed by atoms with van der Waals surface area (Å²) in [6.07, 6.45) is 0. The van der Waals surface area contributed by atoms with Gasteiger partial charge in [0.25, 0.3) is 0 Å². The van der Waals surface area contributed by atoms with Crippen molar-refractivity contribution in [1.29, 1.82) is 0 Å². The molecular formula is H3AlCrTiV. The van der Waals surface area contributed by atoms with Crippen LogP contribution in [0.5, 0.6) is 0 Å². The summed E-state index contributed by atoms with van der Waals surface area (Å²) < 4.78 is 0. The summed E-state index contributed by atoms with van der Waals surface area (Å²) in [6.45, 7) is 0. The van der Waals surface area contributed by atoms with Crippen molar-refractivity contribution in [3.05, 3.63) is 0 Å². The van der Waals surface area contributed by atoms with E-state index in [2.05, 4.69) is 0 Å². The zero-order valence-corrected chi connectivity index (χ0v) is 5.59. The standard InChI is InChI=1S/Al.Cr.Ti.V.3H. The third-order valence-electron chi connectivity index (χ3n) is 0. The first kappa shape index (κ1) is 32.8. The average Bonchev–Trinajstić information content (AvgIpc) is 0. The van der Waals surface area contributed by atoms with Crippen molar-refractivity contribution in [3.63, 3.8) is 0 Å². The van der Waals surface area contributed by atoms with Gasteiger partial charge in [0.05, 0.1) is 0 Å². The summed E-state index contributed by atoms with van der Waals surface area (Å²) in [5, 5.41) is 0. The topological polar surface area (TPSA) is 0 Å². The molecule has 0 atom stereocenters. The third-order valence-corrected chi connectivity index (χ3v) is 0. The van der Waals surface area contributed by atoms with Gasteiger partial charge in [0.2, 0.25) is 0 Å². The van der Waals surface area contributed by atoms with Gasteiger partial charge in [0.1, 0.15) is 0 Å². The molecule has 0 amide bonds. The van der Waals surface area contributed by atoms with E-state index in [1.165, 1.54) is 0 Å². The van der Waals surface area contributed by atoms with E-state index < -0.39 is 0 Å². The van der Waals surface area contributed by atoms with E-state index in [0.29, 0.717) is 0 Å². The molecule has 0 heterocycles. The van der Waals surface area contributed by atoms with Crippen molar-refractivity contribution in [3.8, 4) is 0 Å². The van der Waals surface area contributed by atoms with Gasteiger partial charge in [0, 0.05) is 57.6 Å². The maximum absolute atomic E-state index is 0. The predicted octanol–water partition coefficient (Wildman–Crippen LogP) is -1.19. The van der Waals surface area contributed by atoms with Crippen LogP contribution in [0, 0.1) is 0 Å². The van der Waals surface area contributed by atoms with Crippen LogP contribution < -0.4 is 0 Å². The Bertz CT molecular complexity index is 8.00. The van der Waals surface area contributed by atoms with Crippen LogP contribution >= 0.6 is 0 Å². The van der Waals surface area contributed by atoms with Gasteiger partial charge in [0.15, 0.2) is 17.4 Å². The van der Waals surface area contributed by atoms with Gasteiger partial charge >= 0.3 is 0 Å². The van der Waals surface area contributed by atoms with Gasteiger partial charge < -0.3 is 0 Å². The van der Waals surface area contributed by atoms with E-state index in [0.717, 1.165) is 0 Å². The minimum atomic E-state index is 0. The Hall–Kier alpha value is 2.36. The van der Waals surface area contributed by atoms with Gasteiger partial charge in [-0.3, -0.25) is 0 Å². The average molecular weight is 181 g/mol. The molecule has 0 unspecified atom stereocenters.